The molecule has 2 aromatic carbocycles. The van der Waals surface area contributed by atoms with Crippen molar-refractivity contribution in [2.24, 2.45) is 0 Å². The normalized spacial score (nSPS) is 12.4. The summed E-state index contributed by atoms with van der Waals surface area (Å²) in [5.74, 6) is 0.204. The average molecular weight is 428 g/mol. The van der Waals surface area contributed by atoms with E-state index in [4.69, 9.17) is 9.84 Å². The molecule has 0 saturated heterocycles. The van der Waals surface area contributed by atoms with Gasteiger partial charge in [-0.2, -0.15) is 0 Å². The van der Waals surface area contributed by atoms with E-state index in [0.717, 1.165) is 28.2 Å². The molecule has 158 valence electrons. The minimum atomic E-state index is -4.71. The van der Waals surface area contributed by atoms with E-state index in [0.29, 0.717) is 12.2 Å². The minimum Gasteiger partial charge on any atom is -0.491 e. The van der Waals surface area contributed by atoms with Gasteiger partial charge in [-0.3, -0.25) is 4.79 Å². The highest BCUT2D eigenvalue weighted by Gasteiger charge is 2.31. The number of benzene rings is 2. The maximum atomic E-state index is 12.2. The SMILES string of the molecule is Cc1cc(SCCC(C)Oc2ccc(OC(F)(F)F)cc2)ccc1CCC(=O)O. The van der Waals surface area contributed by atoms with Crippen LogP contribution in [0.5, 0.6) is 11.5 Å². The van der Waals surface area contributed by atoms with Gasteiger partial charge in [-0.15, -0.1) is 24.9 Å². The van der Waals surface area contributed by atoms with Crippen LogP contribution >= 0.6 is 11.8 Å². The maximum Gasteiger partial charge on any atom is 0.573 e. The number of carboxylic acids is 1. The molecule has 0 spiro atoms. The Kier molecular flexibility index (Phi) is 8.25. The summed E-state index contributed by atoms with van der Waals surface area (Å²) in [6.45, 7) is 3.88. The number of hydrogen-bond donors (Lipinski definition) is 1. The summed E-state index contributed by atoms with van der Waals surface area (Å²) in [6.07, 6.45) is -3.42. The van der Waals surface area contributed by atoms with E-state index in [9.17, 15) is 18.0 Å². The average Bonchev–Trinajstić information content (AvgIpc) is 2.61. The summed E-state index contributed by atoms with van der Waals surface area (Å²) < 4.78 is 46.1. The fraction of sp³-hybridized carbons (Fsp3) is 0.381. The van der Waals surface area contributed by atoms with Crippen molar-refractivity contribution in [1.82, 2.24) is 0 Å². The first-order valence-corrected chi connectivity index (χ1v) is 10.1. The highest BCUT2D eigenvalue weighted by molar-refractivity contribution is 7.99. The van der Waals surface area contributed by atoms with Gasteiger partial charge in [0.2, 0.25) is 0 Å². The summed E-state index contributed by atoms with van der Waals surface area (Å²) in [5.41, 5.74) is 2.10. The zero-order valence-electron chi connectivity index (χ0n) is 16.2. The van der Waals surface area contributed by atoms with Crippen molar-refractivity contribution in [2.75, 3.05) is 5.75 Å². The molecule has 0 amide bonds. The number of aliphatic carboxylic acids is 1. The molecule has 2 aromatic rings. The molecule has 0 radical (unpaired) electrons. The van der Waals surface area contributed by atoms with Gasteiger partial charge in [-0.25, -0.2) is 0 Å². The molecule has 0 aromatic heterocycles. The highest BCUT2D eigenvalue weighted by Crippen LogP contribution is 2.26. The van der Waals surface area contributed by atoms with E-state index in [2.05, 4.69) is 4.74 Å². The molecule has 0 bridgehead atoms. The van der Waals surface area contributed by atoms with Crippen LogP contribution in [-0.4, -0.2) is 29.3 Å². The van der Waals surface area contributed by atoms with Crippen molar-refractivity contribution in [2.45, 2.75) is 50.5 Å². The monoisotopic (exact) mass is 428 g/mol. The summed E-state index contributed by atoms with van der Waals surface area (Å²) in [5, 5.41) is 8.79. The quantitative estimate of drug-likeness (QED) is 0.480. The second-order valence-corrected chi connectivity index (χ2v) is 7.74. The van der Waals surface area contributed by atoms with Crippen molar-refractivity contribution in [1.29, 1.82) is 0 Å². The number of hydrogen-bond acceptors (Lipinski definition) is 4. The van der Waals surface area contributed by atoms with Crippen LogP contribution in [-0.2, 0) is 11.2 Å². The number of thioether (sulfide) groups is 1. The molecule has 0 heterocycles. The van der Waals surface area contributed by atoms with E-state index in [1.807, 2.05) is 32.0 Å². The lowest BCUT2D eigenvalue weighted by Gasteiger charge is -2.15. The topological polar surface area (TPSA) is 55.8 Å². The minimum absolute atomic E-state index is 0.104. The summed E-state index contributed by atoms with van der Waals surface area (Å²) in [7, 11) is 0. The predicted octanol–water partition coefficient (Wildman–Crippen LogP) is 5.86. The van der Waals surface area contributed by atoms with Gasteiger partial charge in [0.05, 0.1) is 6.10 Å². The first-order chi connectivity index (χ1) is 13.6. The van der Waals surface area contributed by atoms with Crippen molar-refractivity contribution < 1.29 is 32.5 Å². The third-order valence-corrected chi connectivity index (χ3v) is 5.14. The summed E-state index contributed by atoms with van der Waals surface area (Å²) >= 11 is 1.67. The zero-order chi connectivity index (χ0) is 21.4. The van der Waals surface area contributed by atoms with Crippen LogP contribution < -0.4 is 9.47 Å². The number of halogens is 3. The van der Waals surface area contributed by atoms with E-state index >= 15 is 0 Å². The van der Waals surface area contributed by atoms with E-state index in [1.165, 1.54) is 24.3 Å². The van der Waals surface area contributed by atoms with Crippen molar-refractivity contribution in [3.63, 3.8) is 0 Å². The van der Waals surface area contributed by atoms with Crippen LogP contribution in [0.15, 0.2) is 47.4 Å². The van der Waals surface area contributed by atoms with Crippen LogP contribution in [0.3, 0.4) is 0 Å². The fourth-order valence-corrected chi connectivity index (χ4v) is 3.74. The molecule has 0 aliphatic carbocycles. The van der Waals surface area contributed by atoms with Crippen LogP contribution in [0.4, 0.5) is 13.2 Å². The Morgan fingerprint density at radius 3 is 2.38 bits per heavy atom. The van der Waals surface area contributed by atoms with Gasteiger partial charge in [0.25, 0.3) is 0 Å². The molecule has 2 rings (SSSR count). The Morgan fingerprint density at radius 2 is 1.79 bits per heavy atom. The summed E-state index contributed by atoms with van der Waals surface area (Å²) in [6, 6.07) is 11.3. The number of aryl methyl sites for hydroxylation is 2. The van der Waals surface area contributed by atoms with Gasteiger partial charge in [-0.05, 0) is 74.2 Å². The van der Waals surface area contributed by atoms with Crippen LogP contribution in [0, 0.1) is 6.92 Å². The Morgan fingerprint density at radius 1 is 1.14 bits per heavy atom. The molecule has 0 fully saturated rings. The molecule has 0 aliphatic rings. The van der Waals surface area contributed by atoms with E-state index in [1.54, 1.807) is 11.8 Å². The second kappa shape index (κ2) is 10.4. The van der Waals surface area contributed by atoms with Gasteiger partial charge in [0, 0.05) is 17.1 Å². The molecule has 8 heteroatoms. The maximum absolute atomic E-state index is 12.2. The molecular formula is C21H23F3O4S. The third-order valence-electron chi connectivity index (χ3n) is 4.11. The highest BCUT2D eigenvalue weighted by atomic mass is 32.2. The van der Waals surface area contributed by atoms with Gasteiger partial charge < -0.3 is 14.6 Å². The molecular weight excluding hydrogens is 405 g/mol. The van der Waals surface area contributed by atoms with Crippen molar-refractivity contribution >= 4 is 17.7 Å². The fourth-order valence-electron chi connectivity index (χ4n) is 2.63. The number of carboxylic acid groups (broad SMARTS) is 1. The number of carbonyl (C=O) groups is 1. The Hall–Kier alpha value is -2.35. The largest absolute Gasteiger partial charge is 0.573 e. The Labute approximate surface area is 172 Å². The third kappa shape index (κ3) is 8.68. The number of alkyl halides is 3. The van der Waals surface area contributed by atoms with Gasteiger partial charge in [0.1, 0.15) is 11.5 Å². The molecule has 0 aliphatic heterocycles. The van der Waals surface area contributed by atoms with Crippen LogP contribution in [0.25, 0.3) is 0 Å². The lowest BCUT2D eigenvalue weighted by molar-refractivity contribution is -0.274. The van der Waals surface area contributed by atoms with Crippen LogP contribution in [0.2, 0.25) is 0 Å². The van der Waals surface area contributed by atoms with Gasteiger partial charge in [0.15, 0.2) is 0 Å². The molecule has 1 atom stereocenters. The number of ether oxygens (including phenoxy) is 2. The number of rotatable bonds is 10. The van der Waals surface area contributed by atoms with Crippen molar-refractivity contribution in [3.05, 3.63) is 53.6 Å². The Balaban J connectivity index is 1.77. The van der Waals surface area contributed by atoms with E-state index in [-0.39, 0.29) is 18.3 Å². The standard InChI is InChI=1S/C21H23F3O4S/c1-14-13-19(9-3-16(14)4-10-20(25)26)29-12-11-15(2)27-17-5-7-18(8-6-17)28-21(22,23)24/h3,5-9,13,15H,4,10-12H2,1-2H3,(H,25,26). The predicted molar refractivity (Wildman–Crippen MR) is 106 cm³/mol. The lowest BCUT2D eigenvalue weighted by Crippen LogP contribution is -2.17. The first-order valence-electron chi connectivity index (χ1n) is 9.09. The Bertz CT molecular complexity index is 807. The van der Waals surface area contributed by atoms with Crippen molar-refractivity contribution in [3.8, 4) is 11.5 Å². The molecule has 29 heavy (non-hydrogen) atoms. The smallest absolute Gasteiger partial charge is 0.491 e. The van der Waals surface area contributed by atoms with Crippen LogP contribution in [0.1, 0.15) is 30.9 Å². The van der Waals surface area contributed by atoms with Gasteiger partial charge >= 0.3 is 12.3 Å². The molecule has 1 unspecified atom stereocenters. The molecule has 0 saturated carbocycles. The second-order valence-electron chi connectivity index (χ2n) is 6.57. The van der Waals surface area contributed by atoms with Gasteiger partial charge in [-0.1, -0.05) is 6.07 Å². The van der Waals surface area contributed by atoms with E-state index < -0.39 is 12.3 Å². The molecule has 4 nitrogen and oxygen atoms in total. The lowest BCUT2D eigenvalue weighted by atomic mass is 10.0. The zero-order valence-corrected chi connectivity index (χ0v) is 17.0. The molecule has 1 N–H and O–H groups in total. The first kappa shape index (κ1) is 22.9. The summed E-state index contributed by atoms with van der Waals surface area (Å²) in [4.78, 5) is 11.8.